The second-order valence-corrected chi connectivity index (χ2v) is 6.57. The third kappa shape index (κ3) is 4.04. The van der Waals surface area contributed by atoms with Crippen LogP contribution in [0.3, 0.4) is 0 Å². The Labute approximate surface area is 165 Å². The highest BCUT2D eigenvalue weighted by Crippen LogP contribution is 2.32. The van der Waals surface area contributed by atoms with Crippen LogP contribution in [0.4, 0.5) is 5.69 Å². The maximum atomic E-state index is 12.2. The number of carbonyl (C=O) groups excluding carboxylic acids is 2. The first-order valence-corrected chi connectivity index (χ1v) is 8.91. The van der Waals surface area contributed by atoms with Crippen LogP contribution in [0.2, 0.25) is 10.0 Å². The second kappa shape index (κ2) is 7.94. The minimum absolute atomic E-state index is 0.282. The molecule has 0 fully saturated rings. The molecule has 0 unspecified atom stereocenters. The van der Waals surface area contributed by atoms with E-state index in [2.05, 4.69) is 15.6 Å². The van der Waals surface area contributed by atoms with E-state index in [1.807, 2.05) is 6.92 Å². The number of esters is 1. The molecular weight excluding hydrogens is 391 g/mol. The first kappa shape index (κ1) is 19.1. The van der Waals surface area contributed by atoms with Crippen molar-refractivity contribution in [3.05, 3.63) is 51.5 Å². The van der Waals surface area contributed by atoms with E-state index in [0.29, 0.717) is 22.1 Å². The number of amides is 1. The quantitative estimate of drug-likeness (QED) is 0.649. The third-order valence-electron chi connectivity index (χ3n) is 3.93. The summed E-state index contributed by atoms with van der Waals surface area (Å²) < 4.78 is 6.78. The summed E-state index contributed by atoms with van der Waals surface area (Å²) in [5.41, 5.74) is 2.73. The molecular formula is C18H16Cl2N4O3. The van der Waals surface area contributed by atoms with Crippen LogP contribution in [0.5, 0.6) is 0 Å². The second-order valence-electron chi connectivity index (χ2n) is 5.79. The van der Waals surface area contributed by atoms with Crippen molar-refractivity contribution in [2.75, 3.05) is 11.9 Å². The molecule has 0 aliphatic heterocycles. The topological polar surface area (TPSA) is 86.1 Å². The van der Waals surface area contributed by atoms with E-state index in [-0.39, 0.29) is 11.3 Å². The minimum atomic E-state index is -0.639. The number of carbonyl (C=O) groups is 2. The summed E-state index contributed by atoms with van der Waals surface area (Å²) in [5.74, 6) is -1.18. The first-order chi connectivity index (χ1) is 12.9. The van der Waals surface area contributed by atoms with Crippen molar-refractivity contribution in [2.45, 2.75) is 20.4 Å². The van der Waals surface area contributed by atoms with E-state index in [1.165, 1.54) is 0 Å². The Kier molecular flexibility index (Phi) is 5.62. The van der Waals surface area contributed by atoms with Gasteiger partial charge in [-0.3, -0.25) is 4.79 Å². The fourth-order valence-electron chi connectivity index (χ4n) is 2.49. The van der Waals surface area contributed by atoms with E-state index in [0.717, 1.165) is 11.1 Å². The van der Waals surface area contributed by atoms with Gasteiger partial charge in [0.2, 0.25) is 0 Å². The van der Waals surface area contributed by atoms with E-state index in [1.54, 1.807) is 41.9 Å². The van der Waals surface area contributed by atoms with Crippen molar-refractivity contribution in [3.63, 3.8) is 0 Å². The van der Waals surface area contributed by atoms with Crippen LogP contribution in [0.15, 0.2) is 30.3 Å². The molecule has 7 nitrogen and oxygen atoms in total. The number of anilines is 1. The first-order valence-electron chi connectivity index (χ1n) is 8.15. The third-order valence-corrected chi connectivity index (χ3v) is 4.73. The number of hydrogen-bond acceptors (Lipinski definition) is 5. The number of nitrogens with one attached hydrogen (secondary N) is 1. The van der Waals surface area contributed by atoms with E-state index in [4.69, 9.17) is 27.9 Å². The van der Waals surface area contributed by atoms with Gasteiger partial charge >= 0.3 is 5.97 Å². The molecule has 0 aliphatic rings. The summed E-state index contributed by atoms with van der Waals surface area (Å²) in [5, 5.41) is 11.2. The van der Waals surface area contributed by atoms with Crippen molar-refractivity contribution in [1.29, 1.82) is 0 Å². The molecule has 1 amide bonds. The molecule has 0 bridgehead atoms. The van der Waals surface area contributed by atoms with Crippen molar-refractivity contribution in [2.24, 2.45) is 0 Å². The van der Waals surface area contributed by atoms with Crippen molar-refractivity contribution in [3.8, 4) is 0 Å². The Bertz CT molecular complexity index is 1030. The SMILES string of the molecule is CCn1nnc2cc(C(=O)OCC(=O)Nc3c(Cl)ccc(C)c3Cl)ccc21. The fraction of sp³-hybridized carbons (Fsp3) is 0.222. The fourth-order valence-corrected chi connectivity index (χ4v) is 2.96. The molecule has 0 spiro atoms. The van der Waals surface area contributed by atoms with E-state index < -0.39 is 18.5 Å². The van der Waals surface area contributed by atoms with Gasteiger partial charge < -0.3 is 10.1 Å². The highest BCUT2D eigenvalue weighted by Gasteiger charge is 2.15. The molecule has 9 heteroatoms. The summed E-state index contributed by atoms with van der Waals surface area (Å²) in [4.78, 5) is 24.3. The summed E-state index contributed by atoms with van der Waals surface area (Å²) in [6.45, 7) is 3.94. The van der Waals surface area contributed by atoms with Crippen LogP contribution in [0, 0.1) is 6.92 Å². The summed E-state index contributed by atoms with van der Waals surface area (Å²) in [6.07, 6.45) is 0. The summed E-state index contributed by atoms with van der Waals surface area (Å²) in [6, 6.07) is 8.28. The van der Waals surface area contributed by atoms with E-state index in [9.17, 15) is 9.59 Å². The molecule has 0 aliphatic carbocycles. The number of aromatic nitrogens is 3. The van der Waals surface area contributed by atoms with Crippen LogP contribution in [0.25, 0.3) is 11.0 Å². The van der Waals surface area contributed by atoms with Crippen LogP contribution in [0.1, 0.15) is 22.8 Å². The van der Waals surface area contributed by atoms with Gasteiger partial charge in [-0.05, 0) is 43.7 Å². The number of fused-ring (bicyclic) bond motifs is 1. The van der Waals surface area contributed by atoms with Crippen molar-refractivity contribution < 1.29 is 14.3 Å². The Balaban J connectivity index is 1.65. The largest absolute Gasteiger partial charge is 0.452 e. The highest BCUT2D eigenvalue weighted by atomic mass is 35.5. The van der Waals surface area contributed by atoms with Crippen LogP contribution in [-0.4, -0.2) is 33.5 Å². The van der Waals surface area contributed by atoms with Crippen molar-refractivity contribution >= 4 is 51.8 Å². The highest BCUT2D eigenvalue weighted by molar-refractivity contribution is 6.40. The van der Waals surface area contributed by atoms with Gasteiger partial charge in [0.15, 0.2) is 6.61 Å². The van der Waals surface area contributed by atoms with Crippen molar-refractivity contribution in [1.82, 2.24) is 15.0 Å². The maximum Gasteiger partial charge on any atom is 0.338 e. The number of halogens is 2. The lowest BCUT2D eigenvalue weighted by molar-refractivity contribution is -0.119. The van der Waals surface area contributed by atoms with Gasteiger partial charge in [-0.2, -0.15) is 0 Å². The number of rotatable bonds is 5. The molecule has 27 heavy (non-hydrogen) atoms. The van der Waals surface area contributed by atoms with Crippen LogP contribution >= 0.6 is 23.2 Å². The number of benzene rings is 2. The predicted octanol–water partition coefficient (Wildman–Crippen LogP) is 3.86. The zero-order valence-corrected chi connectivity index (χ0v) is 16.1. The molecule has 1 aromatic heterocycles. The van der Waals surface area contributed by atoms with Crippen LogP contribution in [-0.2, 0) is 16.1 Å². The van der Waals surface area contributed by atoms with Gasteiger partial charge in [-0.15, -0.1) is 5.10 Å². The minimum Gasteiger partial charge on any atom is -0.452 e. The molecule has 140 valence electrons. The summed E-state index contributed by atoms with van der Waals surface area (Å²) >= 11 is 12.2. The number of hydrogen-bond donors (Lipinski definition) is 1. The smallest absolute Gasteiger partial charge is 0.338 e. The van der Waals surface area contributed by atoms with Crippen LogP contribution < -0.4 is 5.32 Å². The molecule has 0 radical (unpaired) electrons. The standard InChI is InChI=1S/C18H16Cl2N4O3/c1-3-24-14-7-5-11(8-13(14)22-23-24)18(26)27-9-15(25)21-17-12(19)6-4-10(2)16(17)20/h4-8H,3,9H2,1-2H3,(H,21,25). The lowest BCUT2D eigenvalue weighted by atomic mass is 10.2. The monoisotopic (exact) mass is 406 g/mol. The zero-order chi connectivity index (χ0) is 19.6. The summed E-state index contributed by atoms with van der Waals surface area (Å²) in [7, 11) is 0. The number of nitrogens with zero attached hydrogens (tertiary/aromatic N) is 3. The average Bonchev–Trinajstić information content (AvgIpc) is 3.08. The van der Waals surface area contributed by atoms with Gasteiger partial charge in [0.05, 0.1) is 26.8 Å². The number of aryl methyl sites for hydroxylation is 2. The predicted molar refractivity (Wildman–Crippen MR) is 103 cm³/mol. The molecule has 2 aromatic carbocycles. The Hall–Kier alpha value is -2.64. The normalized spacial score (nSPS) is 10.8. The molecule has 3 aromatic rings. The van der Waals surface area contributed by atoms with Gasteiger partial charge in [-0.25, -0.2) is 9.48 Å². The molecule has 1 N–H and O–H groups in total. The molecule has 0 saturated carbocycles. The van der Waals surface area contributed by atoms with Gasteiger partial charge in [-0.1, -0.05) is 34.5 Å². The number of ether oxygens (including phenoxy) is 1. The van der Waals surface area contributed by atoms with Gasteiger partial charge in [0.25, 0.3) is 5.91 Å². The maximum absolute atomic E-state index is 12.2. The molecule has 0 atom stereocenters. The molecule has 1 heterocycles. The average molecular weight is 407 g/mol. The lowest BCUT2D eigenvalue weighted by Gasteiger charge is -2.11. The van der Waals surface area contributed by atoms with E-state index >= 15 is 0 Å². The lowest BCUT2D eigenvalue weighted by Crippen LogP contribution is -2.21. The Morgan fingerprint density at radius 3 is 2.74 bits per heavy atom. The molecule has 0 saturated heterocycles. The van der Waals surface area contributed by atoms with Gasteiger partial charge in [0, 0.05) is 6.54 Å². The molecule has 3 rings (SSSR count). The van der Waals surface area contributed by atoms with Gasteiger partial charge in [0.1, 0.15) is 5.52 Å². The Morgan fingerprint density at radius 1 is 1.22 bits per heavy atom. The Morgan fingerprint density at radius 2 is 2.00 bits per heavy atom. The zero-order valence-electron chi connectivity index (χ0n) is 14.6.